The minimum Gasteiger partial charge on any atom is -0.313 e. The highest BCUT2D eigenvalue weighted by molar-refractivity contribution is 7.99. The standard InChI is InChI=1S/C15H20FNS/c16-13-5-7-14(8-6-13)18-10-9-17-15(11-1-2-11)12-3-4-12/h5-8,11-12,15,17H,1-4,9-10H2. The van der Waals surface area contributed by atoms with Gasteiger partial charge in [-0.15, -0.1) is 11.8 Å². The minimum atomic E-state index is -0.153. The maximum absolute atomic E-state index is 12.8. The van der Waals surface area contributed by atoms with Crippen molar-refractivity contribution in [2.24, 2.45) is 11.8 Å². The van der Waals surface area contributed by atoms with Gasteiger partial charge in [0.15, 0.2) is 0 Å². The second-order valence-corrected chi connectivity index (χ2v) is 6.63. The van der Waals surface area contributed by atoms with Crippen LogP contribution in [0.4, 0.5) is 4.39 Å². The lowest BCUT2D eigenvalue weighted by molar-refractivity contribution is 0.429. The SMILES string of the molecule is Fc1ccc(SCCNC(C2CC2)C2CC2)cc1. The van der Waals surface area contributed by atoms with Gasteiger partial charge in [-0.25, -0.2) is 4.39 Å². The first-order valence-electron chi connectivity index (χ1n) is 6.95. The molecule has 0 atom stereocenters. The number of hydrogen-bond acceptors (Lipinski definition) is 2. The molecule has 2 saturated carbocycles. The summed E-state index contributed by atoms with van der Waals surface area (Å²) in [6.07, 6.45) is 5.72. The number of halogens is 1. The fourth-order valence-corrected chi connectivity index (χ4v) is 3.34. The van der Waals surface area contributed by atoms with Crippen molar-refractivity contribution in [2.45, 2.75) is 36.6 Å². The van der Waals surface area contributed by atoms with E-state index >= 15 is 0 Å². The average Bonchev–Trinajstić information content (AvgIpc) is 3.25. The van der Waals surface area contributed by atoms with Crippen LogP contribution >= 0.6 is 11.8 Å². The Bertz CT molecular complexity index is 372. The molecule has 0 unspecified atom stereocenters. The van der Waals surface area contributed by atoms with Crippen molar-refractivity contribution in [1.29, 1.82) is 0 Å². The normalized spacial score (nSPS) is 19.4. The number of nitrogens with one attached hydrogen (secondary N) is 1. The molecule has 2 aliphatic rings. The third kappa shape index (κ3) is 3.48. The van der Waals surface area contributed by atoms with Gasteiger partial charge >= 0.3 is 0 Å². The van der Waals surface area contributed by atoms with Crippen molar-refractivity contribution < 1.29 is 4.39 Å². The van der Waals surface area contributed by atoms with Crippen LogP contribution in [-0.4, -0.2) is 18.3 Å². The summed E-state index contributed by atoms with van der Waals surface area (Å²) in [5.74, 6) is 2.85. The molecule has 0 aromatic heterocycles. The predicted octanol–water partition coefficient (Wildman–Crippen LogP) is 3.70. The smallest absolute Gasteiger partial charge is 0.123 e. The van der Waals surface area contributed by atoms with Crippen molar-refractivity contribution in [3.05, 3.63) is 30.1 Å². The highest BCUT2D eigenvalue weighted by atomic mass is 32.2. The molecule has 0 saturated heterocycles. The minimum absolute atomic E-state index is 0.153. The van der Waals surface area contributed by atoms with Gasteiger partial charge < -0.3 is 5.32 Å². The fraction of sp³-hybridized carbons (Fsp3) is 0.600. The Morgan fingerprint density at radius 2 is 1.72 bits per heavy atom. The van der Waals surface area contributed by atoms with Gasteiger partial charge in [-0.3, -0.25) is 0 Å². The molecule has 18 heavy (non-hydrogen) atoms. The topological polar surface area (TPSA) is 12.0 Å². The molecule has 1 N–H and O–H groups in total. The molecule has 98 valence electrons. The van der Waals surface area contributed by atoms with Crippen molar-refractivity contribution in [2.75, 3.05) is 12.3 Å². The summed E-state index contributed by atoms with van der Waals surface area (Å²) in [6.45, 7) is 1.07. The van der Waals surface area contributed by atoms with Gasteiger partial charge in [-0.1, -0.05) is 0 Å². The molecule has 0 spiro atoms. The number of rotatable bonds is 7. The monoisotopic (exact) mass is 265 g/mol. The predicted molar refractivity (Wildman–Crippen MR) is 74.4 cm³/mol. The lowest BCUT2D eigenvalue weighted by Gasteiger charge is -2.17. The van der Waals surface area contributed by atoms with Gasteiger partial charge in [0, 0.05) is 23.2 Å². The molecule has 0 radical (unpaired) electrons. The Morgan fingerprint density at radius 1 is 1.11 bits per heavy atom. The first-order valence-corrected chi connectivity index (χ1v) is 7.93. The quantitative estimate of drug-likeness (QED) is 0.596. The lowest BCUT2D eigenvalue weighted by atomic mass is 10.1. The number of thioether (sulfide) groups is 1. The summed E-state index contributed by atoms with van der Waals surface area (Å²) in [5, 5.41) is 3.73. The van der Waals surface area contributed by atoms with E-state index < -0.39 is 0 Å². The van der Waals surface area contributed by atoms with Gasteiger partial charge in [-0.2, -0.15) is 0 Å². The molecule has 0 bridgehead atoms. The van der Waals surface area contributed by atoms with Crippen LogP contribution < -0.4 is 5.32 Å². The summed E-state index contributed by atoms with van der Waals surface area (Å²) >= 11 is 1.81. The zero-order chi connectivity index (χ0) is 12.4. The zero-order valence-corrected chi connectivity index (χ0v) is 11.4. The molecule has 2 aliphatic carbocycles. The van der Waals surface area contributed by atoms with E-state index in [4.69, 9.17) is 0 Å². The summed E-state index contributed by atoms with van der Waals surface area (Å²) in [4.78, 5) is 1.16. The van der Waals surface area contributed by atoms with Crippen LogP contribution in [0.1, 0.15) is 25.7 Å². The average molecular weight is 265 g/mol. The zero-order valence-electron chi connectivity index (χ0n) is 10.6. The van der Waals surface area contributed by atoms with Crippen LogP contribution in [-0.2, 0) is 0 Å². The van der Waals surface area contributed by atoms with Gasteiger partial charge in [-0.05, 0) is 61.8 Å². The van der Waals surface area contributed by atoms with E-state index in [0.29, 0.717) is 0 Å². The Morgan fingerprint density at radius 3 is 2.28 bits per heavy atom. The van der Waals surface area contributed by atoms with Gasteiger partial charge in [0.05, 0.1) is 0 Å². The largest absolute Gasteiger partial charge is 0.313 e. The van der Waals surface area contributed by atoms with Crippen LogP contribution in [0.3, 0.4) is 0 Å². The second-order valence-electron chi connectivity index (χ2n) is 5.46. The molecule has 3 heteroatoms. The van der Waals surface area contributed by atoms with Crippen molar-refractivity contribution in [3.63, 3.8) is 0 Å². The molecular weight excluding hydrogens is 245 g/mol. The van der Waals surface area contributed by atoms with E-state index in [0.717, 1.165) is 35.1 Å². The number of benzene rings is 1. The summed E-state index contributed by atoms with van der Waals surface area (Å²) in [6, 6.07) is 7.58. The Kier molecular flexibility index (Phi) is 3.90. The van der Waals surface area contributed by atoms with Crippen LogP contribution in [0.5, 0.6) is 0 Å². The molecular formula is C15H20FNS. The van der Waals surface area contributed by atoms with Crippen LogP contribution in [0.25, 0.3) is 0 Å². The Hall–Kier alpha value is -0.540. The van der Waals surface area contributed by atoms with Gasteiger partial charge in [0.1, 0.15) is 5.82 Å². The first-order chi connectivity index (χ1) is 8.83. The van der Waals surface area contributed by atoms with Gasteiger partial charge in [0.25, 0.3) is 0 Å². The summed E-state index contributed by atoms with van der Waals surface area (Å²) in [7, 11) is 0. The molecule has 0 aliphatic heterocycles. The molecule has 1 nitrogen and oxygen atoms in total. The second kappa shape index (κ2) is 5.62. The molecule has 0 amide bonds. The number of hydrogen-bond donors (Lipinski definition) is 1. The van der Waals surface area contributed by atoms with E-state index in [1.165, 1.54) is 37.8 Å². The summed E-state index contributed by atoms with van der Waals surface area (Å²) < 4.78 is 12.8. The van der Waals surface area contributed by atoms with E-state index in [1.54, 1.807) is 11.8 Å². The van der Waals surface area contributed by atoms with E-state index in [-0.39, 0.29) is 5.82 Å². The van der Waals surface area contributed by atoms with Crippen molar-refractivity contribution in [3.8, 4) is 0 Å². The maximum atomic E-state index is 12.8. The van der Waals surface area contributed by atoms with Gasteiger partial charge in [0.2, 0.25) is 0 Å². The molecule has 0 heterocycles. The Labute approximate surface area is 113 Å². The summed E-state index contributed by atoms with van der Waals surface area (Å²) in [5.41, 5.74) is 0. The third-order valence-corrected chi connectivity index (χ3v) is 4.84. The molecule has 2 fully saturated rings. The van der Waals surface area contributed by atoms with Crippen molar-refractivity contribution >= 4 is 11.8 Å². The van der Waals surface area contributed by atoms with Crippen molar-refractivity contribution in [1.82, 2.24) is 5.32 Å². The molecule has 1 aromatic rings. The Balaban J connectivity index is 1.37. The van der Waals surface area contributed by atoms with E-state index in [1.807, 2.05) is 12.1 Å². The molecule has 1 aromatic carbocycles. The van der Waals surface area contributed by atoms with Crippen LogP contribution in [0.2, 0.25) is 0 Å². The maximum Gasteiger partial charge on any atom is 0.123 e. The lowest BCUT2D eigenvalue weighted by Crippen LogP contribution is -2.34. The highest BCUT2D eigenvalue weighted by Crippen LogP contribution is 2.44. The van der Waals surface area contributed by atoms with Crippen LogP contribution in [0.15, 0.2) is 29.2 Å². The fourth-order valence-electron chi connectivity index (χ4n) is 2.55. The first kappa shape index (κ1) is 12.5. The van der Waals surface area contributed by atoms with E-state index in [2.05, 4.69) is 5.32 Å². The van der Waals surface area contributed by atoms with E-state index in [9.17, 15) is 4.39 Å². The molecule has 3 rings (SSSR count). The highest BCUT2D eigenvalue weighted by Gasteiger charge is 2.40. The van der Waals surface area contributed by atoms with Crippen LogP contribution in [0, 0.1) is 17.7 Å². The third-order valence-electron chi connectivity index (χ3n) is 3.82.